The first-order valence-corrected chi connectivity index (χ1v) is 5.59. The molecule has 0 saturated heterocycles. The van der Waals surface area contributed by atoms with Crippen LogP contribution in [0.15, 0.2) is 12.4 Å². The Hall–Kier alpha value is -1.27. The highest BCUT2D eigenvalue weighted by Gasteiger charge is 2.06. The van der Waals surface area contributed by atoms with Gasteiger partial charge in [-0.1, -0.05) is 12.2 Å². The van der Waals surface area contributed by atoms with E-state index in [-0.39, 0.29) is 4.99 Å². The zero-order chi connectivity index (χ0) is 11.8. The lowest BCUT2D eigenvalue weighted by Crippen LogP contribution is -2.17. The Labute approximate surface area is 100 Å². The minimum absolute atomic E-state index is 0.250. The fourth-order valence-corrected chi connectivity index (χ4v) is 1.32. The van der Waals surface area contributed by atoms with Crippen molar-refractivity contribution in [3.8, 4) is 0 Å². The lowest BCUT2D eigenvalue weighted by molar-refractivity contribution is 0.147. The standard InChI is InChI=1S/C10H16N4OS/c1-2-15-7-3-4-13-10-8(9(11)16)12-5-6-14-10/h5-6H,2-4,7H2,1H3,(H2,11,16)(H,13,14). The molecule has 0 aliphatic carbocycles. The molecule has 3 N–H and O–H groups in total. The summed E-state index contributed by atoms with van der Waals surface area (Å²) in [6.45, 7) is 4.20. The van der Waals surface area contributed by atoms with Gasteiger partial charge in [-0.3, -0.25) is 0 Å². The molecular formula is C10H16N4OS. The number of rotatable bonds is 7. The van der Waals surface area contributed by atoms with Gasteiger partial charge in [0, 0.05) is 32.2 Å². The third kappa shape index (κ3) is 4.08. The van der Waals surface area contributed by atoms with E-state index in [0.717, 1.165) is 26.2 Å². The molecule has 0 aliphatic heterocycles. The van der Waals surface area contributed by atoms with Crippen LogP contribution < -0.4 is 11.1 Å². The molecule has 0 fully saturated rings. The minimum Gasteiger partial charge on any atom is -0.388 e. The molecule has 0 aromatic carbocycles. The molecule has 0 amide bonds. The van der Waals surface area contributed by atoms with Crippen LogP contribution in [0.1, 0.15) is 19.0 Å². The van der Waals surface area contributed by atoms with Crippen LogP contribution in [0.5, 0.6) is 0 Å². The van der Waals surface area contributed by atoms with Crippen molar-refractivity contribution >= 4 is 23.0 Å². The van der Waals surface area contributed by atoms with Gasteiger partial charge in [0.1, 0.15) is 10.7 Å². The molecule has 1 rings (SSSR count). The molecule has 0 unspecified atom stereocenters. The summed E-state index contributed by atoms with van der Waals surface area (Å²) in [5, 5.41) is 3.13. The molecule has 16 heavy (non-hydrogen) atoms. The Balaban J connectivity index is 2.44. The summed E-state index contributed by atoms with van der Waals surface area (Å²) in [7, 11) is 0. The van der Waals surface area contributed by atoms with Crippen LogP contribution in [-0.2, 0) is 4.74 Å². The molecule has 5 nitrogen and oxygen atoms in total. The second-order valence-corrected chi connectivity index (χ2v) is 3.53. The van der Waals surface area contributed by atoms with Gasteiger partial charge in [-0.05, 0) is 13.3 Å². The van der Waals surface area contributed by atoms with Crippen molar-refractivity contribution in [3.63, 3.8) is 0 Å². The summed E-state index contributed by atoms with van der Waals surface area (Å²) in [6, 6.07) is 0. The number of anilines is 1. The summed E-state index contributed by atoms with van der Waals surface area (Å²) >= 11 is 4.88. The molecule has 0 atom stereocenters. The average molecular weight is 240 g/mol. The van der Waals surface area contributed by atoms with Gasteiger partial charge in [0.25, 0.3) is 0 Å². The lowest BCUT2D eigenvalue weighted by Gasteiger charge is -2.08. The largest absolute Gasteiger partial charge is 0.388 e. The topological polar surface area (TPSA) is 73.1 Å². The molecule has 1 aromatic rings. The van der Waals surface area contributed by atoms with Crippen LogP contribution in [-0.4, -0.2) is 34.7 Å². The van der Waals surface area contributed by atoms with Crippen LogP contribution in [0.4, 0.5) is 5.82 Å². The molecule has 1 heterocycles. The van der Waals surface area contributed by atoms with E-state index in [0.29, 0.717) is 11.5 Å². The maximum Gasteiger partial charge on any atom is 0.155 e. The number of nitrogens with two attached hydrogens (primary N) is 1. The van der Waals surface area contributed by atoms with Gasteiger partial charge in [0.15, 0.2) is 5.82 Å². The van der Waals surface area contributed by atoms with E-state index in [1.165, 1.54) is 0 Å². The second-order valence-electron chi connectivity index (χ2n) is 3.10. The molecule has 1 aromatic heterocycles. The maximum absolute atomic E-state index is 5.53. The number of nitrogens with one attached hydrogen (secondary N) is 1. The Kier molecular flexibility index (Phi) is 5.66. The summed E-state index contributed by atoms with van der Waals surface area (Å²) in [5.74, 6) is 0.631. The summed E-state index contributed by atoms with van der Waals surface area (Å²) in [5.41, 5.74) is 6.07. The molecular weight excluding hydrogens is 224 g/mol. The Morgan fingerprint density at radius 2 is 2.25 bits per heavy atom. The van der Waals surface area contributed by atoms with Gasteiger partial charge in [0.05, 0.1) is 0 Å². The number of hydrogen-bond acceptors (Lipinski definition) is 5. The van der Waals surface area contributed by atoms with E-state index in [1.54, 1.807) is 12.4 Å². The molecule has 0 radical (unpaired) electrons. The Bertz CT molecular complexity index is 345. The third-order valence-corrected chi connectivity index (χ3v) is 2.09. The molecule has 0 spiro atoms. The normalized spacial score (nSPS) is 10.1. The van der Waals surface area contributed by atoms with Crippen molar-refractivity contribution in [1.82, 2.24) is 9.97 Å². The number of aromatic nitrogens is 2. The SMILES string of the molecule is CCOCCCNc1nccnc1C(N)=S. The van der Waals surface area contributed by atoms with E-state index >= 15 is 0 Å². The number of ether oxygens (including phenoxy) is 1. The van der Waals surface area contributed by atoms with E-state index in [9.17, 15) is 0 Å². The first kappa shape index (κ1) is 12.8. The maximum atomic E-state index is 5.53. The van der Waals surface area contributed by atoms with Crippen molar-refractivity contribution < 1.29 is 4.74 Å². The number of thiocarbonyl (C=S) groups is 1. The van der Waals surface area contributed by atoms with Crippen LogP contribution in [0.2, 0.25) is 0 Å². The molecule has 0 bridgehead atoms. The number of hydrogen-bond donors (Lipinski definition) is 2. The summed E-state index contributed by atoms with van der Waals surface area (Å²) < 4.78 is 5.22. The van der Waals surface area contributed by atoms with E-state index in [2.05, 4.69) is 15.3 Å². The van der Waals surface area contributed by atoms with Crippen molar-refractivity contribution in [2.45, 2.75) is 13.3 Å². The first-order chi connectivity index (χ1) is 7.75. The predicted octanol–water partition coefficient (Wildman–Crippen LogP) is 0.949. The van der Waals surface area contributed by atoms with Gasteiger partial charge in [-0.25, -0.2) is 9.97 Å². The van der Waals surface area contributed by atoms with Gasteiger partial charge >= 0.3 is 0 Å². The van der Waals surface area contributed by atoms with Gasteiger partial charge in [0.2, 0.25) is 0 Å². The smallest absolute Gasteiger partial charge is 0.155 e. The van der Waals surface area contributed by atoms with Gasteiger partial charge < -0.3 is 15.8 Å². The van der Waals surface area contributed by atoms with Crippen molar-refractivity contribution in [3.05, 3.63) is 18.1 Å². The van der Waals surface area contributed by atoms with Crippen LogP contribution in [0.25, 0.3) is 0 Å². The van der Waals surface area contributed by atoms with E-state index in [1.807, 2.05) is 6.92 Å². The minimum atomic E-state index is 0.250. The highest BCUT2D eigenvalue weighted by atomic mass is 32.1. The van der Waals surface area contributed by atoms with E-state index < -0.39 is 0 Å². The monoisotopic (exact) mass is 240 g/mol. The third-order valence-electron chi connectivity index (χ3n) is 1.89. The lowest BCUT2D eigenvalue weighted by atomic mass is 10.3. The summed E-state index contributed by atoms with van der Waals surface area (Å²) in [4.78, 5) is 8.46. The van der Waals surface area contributed by atoms with Crippen molar-refractivity contribution in [1.29, 1.82) is 0 Å². The quantitative estimate of drug-likeness (QED) is 0.546. The molecule has 0 saturated carbocycles. The second kappa shape index (κ2) is 7.08. The zero-order valence-corrected chi connectivity index (χ0v) is 10.1. The van der Waals surface area contributed by atoms with Crippen molar-refractivity contribution in [2.24, 2.45) is 5.73 Å². The van der Waals surface area contributed by atoms with E-state index in [4.69, 9.17) is 22.7 Å². The molecule has 6 heteroatoms. The zero-order valence-electron chi connectivity index (χ0n) is 9.27. The summed E-state index contributed by atoms with van der Waals surface area (Å²) in [6.07, 6.45) is 4.08. The first-order valence-electron chi connectivity index (χ1n) is 5.18. The van der Waals surface area contributed by atoms with Crippen LogP contribution >= 0.6 is 12.2 Å². The highest BCUT2D eigenvalue weighted by molar-refractivity contribution is 7.80. The molecule has 0 aliphatic rings. The highest BCUT2D eigenvalue weighted by Crippen LogP contribution is 2.07. The van der Waals surface area contributed by atoms with Gasteiger partial charge in [-0.2, -0.15) is 0 Å². The molecule has 88 valence electrons. The van der Waals surface area contributed by atoms with Crippen molar-refractivity contribution in [2.75, 3.05) is 25.1 Å². The number of nitrogens with zero attached hydrogens (tertiary/aromatic N) is 2. The fourth-order valence-electron chi connectivity index (χ4n) is 1.17. The average Bonchev–Trinajstić information content (AvgIpc) is 2.29. The van der Waals surface area contributed by atoms with Gasteiger partial charge in [-0.15, -0.1) is 0 Å². The Morgan fingerprint density at radius 1 is 1.50 bits per heavy atom. The van der Waals surface area contributed by atoms with Crippen LogP contribution in [0, 0.1) is 0 Å². The predicted molar refractivity (Wildman–Crippen MR) is 67.5 cm³/mol. The Morgan fingerprint density at radius 3 is 2.94 bits per heavy atom. The fraction of sp³-hybridized carbons (Fsp3) is 0.500. The van der Waals surface area contributed by atoms with Crippen LogP contribution in [0.3, 0.4) is 0 Å².